The number of piperazine rings is 1. The van der Waals surface area contributed by atoms with Crippen LogP contribution in [0.25, 0.3) is 10.9 Å². The van der Waals surface area contributed by atoms with Crippen molar-refractivity contribution in [3.05, 3.63) is 24.4 Å². The Morgan fingerprint density at radius 2 is 2.06 bits per heavy atom. The summed E-state index contributed by atoms with van der Waals surface area (Å²) in [5.41, 5.74) is 2.44. The van der Waals surface area contributed by atoms with Gasteiger partial charge in [-0.3, -0.25) is 5.10 Å². The number of H-pyrrole nitrogens is 1. The van der Waals surface area contributed by atoms with Crippen LogP contribution in [0.2, 0.25) is 0 Å². The van der Waals surface area contributed by atoms with Gasteiger partial charge < -0.3 is 9.80 Å². The lowest BCUT2D eigenvalue weighted by molar-refractivity contribution is 0.271. The number of benzene rings is 1. The molecule has 1 fully saturated rings. The maximum Gasteiger partial charge on any atom is 0.0671 e. The van der Waals surface area contributed by atoms with Crippen LogP contribution in [0.1, 0.15) is 6.92 Å². The molecule has 0 saturated carbocycles. The van der Waals surface area contributed by atoms with Gasteiger partial charge in [0.1, 0.15) is 0 Å². The van der Waals surface area contributed by atoms with Gasteiger partial charge in [-0.2, -0.15) is 5.10 Å². The molecule has 0 spiro atoms. The molecule has 2 aromatic rings. The first-order valence-corrected chi connectivity index (χ1v) is 6.28. The van der Waals surface area contributed by atoms with Crippen molar-refractivity contribution in [3.63, 3.8) is 0 Å². The maximum atomic E-state index is 4.13. The number of aromatic amines is 1. The van der Waals surface area contributed by atoms with E-state index in [1.165, 1.54) is 11.1 Å². The Morgan fingerprint density at radius 3 is 2.82 bits per heavy atom. The van der Waals surface area contributed by atoms with E-state index in [1.54, 1.807) is 0 Å². The average molecular weight is 230 g/mol. The highest BCUT2D eigenvalue weighted by molar-refractivity contribution is 5.91. The molecule has 4 nitrogen and oxygen atoms in total. The van der Waals surface area contributed by atoms with Crippen molar-refractivity contribution >= 4 is 16.6 Å². The van der Waals surface area contributed by atoms with Gasteiger partial charge in [-0.1, -0.05) is 13.0 Å². The summed E-state index contributed by atoms with van der Waals surface area (Å²) in [5, 5.41) is 8.39. The van der Waals surface area contributed by atoms with Crippen molar-refractivity contribution in [2.75, 3.05) is 37.6 Å². The Morgan fingerprint density at radius 1 is 1.24 bits per heavy atom. The molecule has 0 amide bonds. The Bertz CT molecular complexity index is 497. The molecular formula is C13H18N4. The molecule has 0 bridgehead atoms. The third-order valence-corrected chi connectivity index (χ3v) is 3.62. The van der Waals surface area contributed by atoms with E-state index in [1.807, 2.05) is 6.20 Å². The molecule has 4 heteroatoms. The highest BCUT2D eigenvalue weighted by atomic mass is 15.3. The number of nitrogens with zero attached hydrogens (tertiary/aromatic N) is 3. The predicted octanol–water partition coefficient (Wildman–Crippen LogP) is 1.70. The lowest BCUT2D eigenvalue weighted by Crippen LogP contribution is -2.46. The normalized spacial score (nSPS) is 17.8. The highest BCUT2D eigenvalue weighted by Gasteiger charge is 2.17. The van der Waals surface area contributed by atoms with Gasteiger partial charge in [0.2, 0.25) is 0 Å². The van der Waals surface area contributed by atoms with Crippen molar-refractivity contribution in [1.82, 2.24) is 15.1 Å². The summed E-state index contributed by atoms with van der Waals surface area (Å²) in [6, 6.07) is 6.37. The fourth-order valence-corrected chi connectivity index (χ4v) is 2.53. The molecule has 0 radical (unpaired) electrons. The monoisotopic (exact) mass is 230 g/mol. The largest absolute Gasteiger partial charge is 0.368 e. The molecule has 0 unspecified atom stereocenters. The zero-order chi connectivity index (χ0) is 11.7. The van der Waals surface area contributed by atoms with E-state index in [9.17, 15) is 0 Å². The van der Waals surface area contributed by atoms with E-state index in [-0.39, 0.29) is 0 Å². The van der Waals surface area contributed by atoms with E-state index in [2.05, 4.69) is 45.1 Å². The fourth-order valence-electron chi connectivity index (χ4n) is 2.53. The summed E-state index contributed by atoms with van der Waals surface area (Å²) >= 11 is 0. The highest BCUT2D eigenvalue weighted by Crippen LogP contribution is 2.25. The summed E-state index contributed by atoms with van der Waals surface area (Å²) in [6.45, 7) is 7.92. The molecule has 90 valence electrons. The minimum atomic E-state index is 1.11. The standard InChI is InChI=1S/C13H18N4/c1-2-16-6-8-17(9-7-16)13-5-3-4-12-11(13)10-14-15-12/h3-5,10H,2,6-9H2,1H3,(H,14,15). The van der Waals surface area contributed by atoms with Gasteiger partial charge in [0, 0.05) is 37.3 Å². The molecule has 3 rings (SSSR count). The Labute approximate surface area is 101 Å². The van der Waals surface area contributed by atoms with Crippen molar-refractivity contribution in [2.24, 2.45) is 0 Å². The van der Waals surface area contributed by atoms with Crippen LogP contribution in [0.4, 0.5) is 5.69 Å². The molecule has 1 saturated heterocycles. The van der Waals surface area contributed by atoms with Crippen LogP contribution in [0.5, 0.6) is 0 Å². The zero-order valence-electron chi connectivity index (χ0n) is 10.2. The molecular weight excluding hydrogens is 212 g/mol. The second kappa shape index (κ2) is 4.37. The van der Waals surface area contributed by atoms with Crippen molar-refractivity contribution in [3.8, 4) is 0 Å². The van der Waals surface area contributed by atoms with Gasteiger partial charge >= 0.3 is 0 Å². The molecule has 17 heavy (non-hydrogen) atoms. The second-order valence-electron chi connectivity index (χ2n) is 4.53. The first-order valence-electron chi connectivity index (χ1n) is 6.28. The fraction of sp³-hybridized carbons (Fsp3) is 0.462. The van der Waals surface area contributed by atoms with Crippen LogP contribution in [-0.2, 0) is 0 Å². The summed E-state index contributed by atoms with van der Waals surface area (Å²) in [5.74, 6) is 0. The third-order valence-electron chi connectivity index (χ3n) is 3.62. The summed E-state index contributed by atoms with van der Waals surface area (Å²) in [4.78, 5) is 4.95. The Kier molecular flexibility index (Phi) is 2.73. The predicted molar refractivity (Wildman–Crippen MR) is 70.4 cm³/mol. The summed E-state index contributed by atoms with van der Waals surface area (Å²) < 4.78 is 0. The van der Waals surface area contributed by atoms with E-state index in [4.69, 9.17) is 0 Å². The first-order chi connectivity index (χ1) is 8.38. The smallest absolute Gasteiger partial charge is 0.0671 e. The first kappa shape index (κ1) is 10.6. The SMILES string of the molecule is CCN1CCN(c2cccc3[nH]ncc23)CC1. The van der Waals surface area contributed by atoms with E-state index < -0.39 is 0 Å². The molecule has 0 atom stereocenters. The Hall–Kier alpha value is -1.55. The number of hydrogen-bond acceptors (Lipinski definition) is 3. The molecule has 1 aliphatic heterocycles. The van der Waals surface area contributed by atoms with Crippen molar-refractivity contribution in [2.45, 2.75) is 6.92 Å². The number of fused-ring (bicyclic) bond motifs is 1. The van der Waals surface area contributed by atoms with Gasteiger partial charge in [0.25, 0.3) is 0 Å². The summed E-state index contributed by atoms with van der Waals surface area (Å²) in [7, 11) is 0. The van der Waals surface area contributed by atoms with Crippen LogP contribution in [0, 0.1) is 0 Å². The second-order valence-corrected chi connectivity index (χ2v) is 4.53. The van der Waals surface area contributed by atoms with Crippen LogP contribution in [-0.4, -0.2) is 47.8 Å². The minimum Gasteiger partial charge on any atom is -0.368 e. The molecule has 1 N–H and O–H groups in total. The average Bonchev–Trinajstić information content (AvgIpc) is 2.87. The minimum absolute atomic E-state index is 1.11. The summed E-state index contributed by atoms with van der Waals surface area (Å²) in [6.07, 6.45) is 1.93. The Balaban J connectivity index is 1.87. The number of likely N-dealkylation sites (N-methyl/N-ethyl adjacent to an activating group) is 1. The van der Waals surface area contributed by atoms with Crippen molar-refractivity contribution < 1.29 is 0 Å². The zero-order valence-corrected chi connectivity index (χ0v) is 10.2. The number of aromatic nitrogens is 2. The number of rotatable bonds is 2. The molecule has 0 aliphatic carbocycles. The number of anilines is 1. The molecule has 2 heterocycles. The van der Waals surface area contributed by atoms with Crippen LogP contribution >= 0.6 is 0 Å². The van der Waals surface area contributed by atoms with E-state index >= 15 is 0 Å². The lowest BCUT2D eigenvalue weighted by Gasteiger charge is -2.35. The molecule has 1 aromatic carbocycles. The maximum absolute atomic E-state index is 4.13. The number of hydrogen-bond donors (Lipinski definition) is 1. The van der Waals surface area contributed by atoms with Crippen molar-refractivity contribution in [1.29, 1.82) is 0 Å². The van der Waals surface area contributed by atoms with Gasteiger partial charge in [0.05, 0.1) is 11.7 Å². The van der Waals surface area contributed by atoms with Gasteiger partial charge in [-0.15, -0.1) is 0 Å². The molecule has 1 aliphatic rings. The van der Waals surface area contributed by atoms with Gasteiger partial charge in [-0.05, 0) is 18.7 Å². The van der Waals surface area contributed by atoms with Gasteiger partial charge in [0.15, 0.2) is 0 Å². The quantitative estimate of drug-likeness (QED) is 0.853. The number of nitrogens with one attached hydrogen (secondary N) is 1. The lowest BCUT2D eigenvalue weighted by atomic mass is 10.2. The topological polar surface area (TPSA) is 35.2 Å². The van der Waals surface area contributed by atoms with Crippen LogP contribution < -0.4 is 4.90 Å². The van der Waals surface area contributed by atoms with E-state index in [0.29, 0.717) is 0 Å². The van der Waals surface area contributed by atoms with Gasteiger partial charge in [-0.25, -0.2) is 0 Å². The third kappa shape index (κ3) is 1.89. The van der Waals surface area contributed by atoms with Crippen LogP contribution in [0.15, 0.2) is 24.4 Å². The van der Waals surface area contributed by atoms with Crippen LogP contribution in [0.3, 0.4) is 0 Å². The van der Waals surface area contributed by atoms with E-state index in [0.717, 1.165) is 38.2 Å². The molecule has 1 aromatic heterocycles.